The first-order valence-electron chi connectivity index (χ1n) is 20.8. The van der Waals surface area contributed by atoms with Gasteiger partial charge in [-0.1, -0.05) is 0 Å². The number of hydrogen-bond acceptors (Lipinski definition) is 0. The van der Waals surface area contributed by atoms with Crippen molar-refractivity contribution in [1.82, 2.24) is 0 Å². The van der Waals surface area contributed by atoms with Crippen molar-refractivity contribution in [3.63, 3.8) is 0 Å². The zero-order valence-corrected chi connectivity index (χ0v) is 44.5. The van der Waals surface area contributed by atoms with Crippen LogP contribution in [0, 0.1) is 0 Å². The van der Waals surface area contributed by atoms with Crippen LogP contribution in [0.15, 0.2) is 72.8 Å². The van der Waals surface area contributed by atoms with Gasteiger partial charge in [0.25, 0.3) is 0 Å². The van der Waals surface area contributed by atoms with Crippen LogP contribution in [-0.2, 0) is 44.9 Å². The molecule has 0 fully saturated rings. The van der Waals surface area contributed by atoms with Crippen LogP contribution in [0.25, 0.3) is 23.3 Å². The van der Waals surface area contributed by atoms with Crippen LogP contribution in [0.4, 0.5) is 0 Å². The van der Waals surface area contributed by atoms with Crippen LogP contribution < -0.4 is 35.2 Å². The summed E-state index contributed by atoms with van der Waals surface area (Å²) in [7, 11) is -2.98. The van der Waals surface area contributed by atoms with Crippen molar-refractivity contribution in [2.45, 2.75) is 151 Å². The minimum atomic E-state index is -1.49. The summed E-state index contributed by atoms with van der Waals surface area (Å²) < 4.78 is 0.919. The molecule has 4 aromatic rings. The molecule has 0 saturated carbocycles. The van der Waals surface area contributed by atoms with E-state index in [1.165, 1.54) is 44.5 Å². The molecule has 6 rings (SSSR count). The number of rotatable bonds is 6. The summed E-state index contributed by atoms with van der Waals surface area (Å²) in [6.45, 7) is 43.5. The van der Waals surface area contributed by atoms with Gasteiger partial charge in [0.05, 0.1) is 0 Å². The Morgan fingerprint density at radius 2 is 0.684 bits per heavy atom. The Bertz CT molecular complexity index is 1980. The number of allylic oxidation sites excluding steroid dienone is 2. The maximum Gasteiger partial charge on any atom is -1.00 e. The van der Waals surface area contributed by atoms with E-state index in [0.717, 1.165) is 0 Å². The van der Waals surface area contributed by atoms with Gasteiger partial charge >= 0.3 is 353 Å². The second-order valence-corrected chi connectivity index (χ2v) is 36.8. The zero-order chi connectivity index (χ0) is 40.8. The van der Waals surface area contributed by atoms with Crippen LogP contribution in [0.5, 0.6) is 0 Å². The van der Waals surface area contributed by atoms with Gasteiger partial charge in [0.2, 0.25) is 0 Å². The molecule has 0 radical (unpaired) electrons. The Kier molecular flexibility index (Phi) is 13.7. The van der Waals surface area contributed by atoms with Crippen LogP contribution in [0.1, 0.15) is 146 Å². The smallest absolute Gasteiger partial charge is 1.00 e. The fraction of sp³-hybridized carbons (Fsp3) is 0.462. The third kappa shape index (κ3) is 10.2. The average Bonchev–Trinajstić information content (AvgIpc) is 3.59. The Balaban J connectivity index is 0.00000360. The van der Waals surface area contributed by atoms with Crippen LogP contribution >= 0.6 is 0 Å². The topological polar surface area (TPSA) is 0 Å². The van der Waals surface area contributed by atoms with Crippen LogP contribution in [0.2, 0.25) is 39.3 Å². The molecule has 304 valence electrons. The van der Waals surface area contributed by atoms with Crippen molar-refractivity contribution in [3.8, 4) is 0 Å². The fourth-order valence-electron chi connectivity index (χ4n) is 8.04. The Labute approximate surface area is 374 Å². The third-order valence-electron chi connectivity index (χ3n) is 12.1. The number of hydrogen-bond donors (Lipinski definition) is 0. The van der Waals surface area contributed by atoms with Gasteiger partial charge in [-0.05, 0) is 0 Å². The Morgan fingerprint density at radius 1 is 0.404 bits per heavy atom. The molecule has 0 saturated heterocycles. The summed E-state index contributed by atoms with van der Waals surface area (Å²) >= 11 is -1.25. The SMILES string of the molecule is CC(C)(C)c1cc(C2=Cc3cc([Si](C)(C)C)ccc3[CH]2[Zr+2][CH]2C(c3cc(C(C)(C)C)cc(C(C)(C)C)c3)=Cc3cc([Si](C)(C)C)ccc32)cc(C(C)(C)C)c1.[Cl-].[Cl-]. The van der Waals surface area contributed by atoms with Crippen molar-refractivity contribution >= 4 is 49.8 Å². The van der Waals surface area contributed by atoms with Gasteiger partial charge in [0.1, 0.15) is 0 Å². The van der Waals surface area contributed by atoms with E-state index in [-0.39, 0.29) is 46.5 Å². The van der Waals surface area contributed by atoms with Crippen molar-refractivity contribution in [3.05, 3.63) is 128 Å². The first kappa shape index (κ1) is 47.9. The first-order valence-corrected chi connectivity index (χ1v) is 30.7. The predicted molar refractivity (Wildman–Crippen MR) is 248 cm³/mol. The molecule has 2 atom stereocenters. The Hall–Kier alpha value is -1.74. The van der Waals surface area contributed by atoms with E-state index in [1.807, 2.05) is 0 Å². The monoisotopic (exact) mass is 910 g/mol. The van der Waals surface area contributed by atoms with E-state index in [2.05, 4.69) is 207 Å². The molecular formula is C52H70Cl2Si2Zr. The van der Waals surface area contributed by atoms with Crippen molar-refractivity contribution in [1.29, 1.82) is 0 Å². The van der Waals surface area contributed by atoms with Gasteiger partial charge < -0.3 is 24.8 Å². The normalized spacial score (nSPS) is 17.2. The summed E-state index contributed by atoms with van der Waals surface area (Å²) in [5.74, 6) is 0. The summed E-state index contributed by atoms with van der Waals surface area (Å²) in [4.78, 5) is 0. The number of fused-ring (bicyclic) bond motifs is 2. The maximum atomic E-state index is 2.63. The zero-order valence-electron chi connectivity index (χ0n) is 38.5. The van der Waals surface area contributed by atoms with Crippen molar-refractivity contribution in [2.75, 3.05) is 0 Å². The molecule has 0 N–H and O–H groups in total. The summed E-state index contributed by atoms with van der Waals surface area (Å²) in [5.41, 5.74) is 18.2. The van der Waals surface area contributed by atoms with Gasteiger partial charge in [-0.3, -0.25) is 0 Å². The Morgan fingerprint density at radius 3 is 0.930 bits per heavy atom. The molecule has 2 aliphatic carbocycles. The van der Waals surface area contributed by atoms with E-state index in [1.54, 1.807) is 32.6 Å². The summed E-state index contributed by atoms with van der Waals surface area (Å²) in [6, 6.07) is 30.5. The van der Waals surface area contributed by atoms with Crippen LogP contribution in [0.3, 0.4) is 0 Å². The quantitative estimate of drug-likeness (QED) is 0.173. The van der Waals surface area contributed by atoms with E-state index in [9.17, 15) is 0 Å². The largest absolute Gasteiger partial charge is 1.00 e. The second-order valence-electron chi connectivity index (χ2n) is 23.0. The minimum Gasteiger partial charge on any atom is -1.00 e. The fourth-order valence-corrected chi connectivity index (χ4v) is 15.5. The maximum absolute atomic E-state index is 2.63. The van der Waals surface area contributed by atoms with Gasteiger partial charge in [0, 0.05) is 0 Å². The van der Waals surface area contributed by atoms with Crippen molar-refractivity contribution < 1.29 is 48.0 Å². The third-order valence-corrected chi connectivity index (χ3v) is 20.9. The molecule has 0 bridgehead atoms. The molecule has 57 heavy (non-hydrogen) atoms. The molecule has 2 unspecified atom stereocenters. The predicted octanol–water partition coefficient (Wildman–Crippen LogP) is 7.95. The molecule has 2 aliphatic rings. The molecule has 0 spiro atoms. The van der Waals surface area contributed by atoms with E-state index in [4.69, 9.17) is 0 Å². The molecule has 5 heteroatoms. The summed E-state index contributed by atoms with van der Waals surface area (Å²) in [6.07, 6.45) is 5.26. The average molecular weight is 913 g/mol. The standard InChI is InChI=1S/2C26H35Si.2ClH.Zr/c2*1-25(2,3)22-14-21(15-23(17-22)26(4,5)6)19-12-18-10-11-24(27(7,8)9)16-20(18)13-19;;;/h2*10-17H,1-9H3;2*1H;/q;;;;+2/p-2. The summed E-state index contributed by atoms with van der Waals surface area (Å²) in [5, 5.41) is 3.12. The minimum absolute atomic E-state index is 0. The number of halogens is 2. The molecule has 0 amide bonds. The molecule has 0 aliphatic heterocycles. The van der Waals surface area contributed by atoms with Crippen LogP contribution in [-0.4, -0.2) is 16.1 Å². The first-order chi connectivity index (χ1) is 25.0. The van der Waals surface area contributed by atoms with Gasteiger partial charge in [0.15, 0.2) is 0 Å². The van der Waals surface area contributed by atoms with E-state index < -0.39 is 39.4 Å². The van der Waals surface area contributed by atoms with Gasteiger partial charge in [-0.25, -0.2) is 0 Å². The molecule has 0 heterocycles. The second kappa shape index (κ2) is 16.3. The van der Waals surface area contributed by atoms with E-state index in [0.29, 0.717) is 7.25 Å². The van der Waals surface area contributed by atoms with E-state index >= 15 is 0 Å². The molecule has 0 nitrogen and oxygen atoms in total. The van der Waals surface area contributed by atoms with Gasteiger partial charge in [-0.2, -0.15) is 0 Å². The molecule has 4 aromatic carbocycles. The molecule has 0 aromatic heterocycles. The number of benzene rings is 4. The van der Waals surface area contributed by atoms with Gasteiger partial charge in [-0.15, -0.1) is 0 Å². The van der Waals surface area contributed by atoms with Crippen molar-refractivity contribution in [2.24, 2.45) is 0 Å². The molecular weight excluding hydrogens is 843 g/mol.